The molecule has 0 unspecified atom stereocenters. The monoisotopic (exact) mass is 215 g/mol. The summed E-state index contributed by atoms with van der Waals surface area (Å²) >= 11 is 0. The number of nitrogens with two attached hydrogens (primary N) is 1. The van der Waals surface area contributed by atoms with Gasteiger partial charge in [0.05, 0.1) is 12.1 Å². The van der Waals surface area contributed by atoms with Crippen molar-refractivity contribution >= 4 is 11.0 Å². The standard InChI is InChI=1S/C10H8F3NO/c11-10(12,13)7-2-1-6-3-8(5-14)15-9(6)4-7/h1-4H,5,14H2. The quantitative estimate of drug-likeness (QED) is 0.794. The molecule has 2 nitrogen and oxygen atoms in total. The first-order valence-corrected chi connectivity index (χ1v) is 4.30. The third kappa shape index (κ3) is 1.83. The highest BCUT2D eigenvalue weighted by molar-refractivity contribution is 5.78. The second-order valence-electron chi connectivity index (χ2n) is 3.17. The Bertz CT molecular complexity index is 487. The zero-order valence-electron chi connectivity index (χ0n) is 7.64. The van der Waals surface area contributed by atoms with Crippen LogP contribution in [0.3, 0.4) is 0 Å². The van der Waals surface area contributed by atoms with Crippen molar-refractivity contribution < 1.29 is 17.6 Å². The fourth-order valence-corrected chi connectivity index (χ4v) is 1.36. The van der Waals surface area contributed by atoms with Crippen LogP contribution in [0.1, 0.15) is 11.3 Å². The van der Waals surface area contributed by atoms with Crippen LogP contribution in [0, 0.1) is 0 Å². The highest BCUT2D eigenvalue weighted by Crippen LogP contribution is 2.32. The van der Waals surface area contributed by atoms with Crippen LogP contribution in [0.5, 0.6) is 0 Å². The second kappa shape index (κ2) is 3.27. The minimum absolute atomic E-state index is 0.177. The first kappa shape index (κ1) is 10.0. The van der Waals surface area contributed by atoms with Gasteiger partial charge in [0.15, 0.2) is 0 Å². The topological polar surface area (TPSA) is 39.2 Å². The third-order valence-electron chi connectivity index (χ3n) is 2.10. The molecule has 0 saturated carbocycles. The maximum Gasteiger partial charge on any atom is 0.416 e. The minimum atomic E-state index is -4.34. The van der Waals surface area contributed by atoms with Crippen molar-refractivity contribution in [1.29, 1.82) is 0 Å². The lowest BCUT2D eigenvalue weighted by atomic mass is 10.1. The molecular formula is C10H8F3NO. The van der Waals surface area contributed by atoms with Gasteiger partial charge in [0, 0.05) is 5.39 Å². The summed E-state index contributed by atoms with van der Waals surface area (Å²) in [5, 5.41) is 0.628. The van der Waals surface area contributed by atoms with Gasteiger partial charge >= 0.3 is 6.18 Å². The summed E-state index contributed by atoms with van der Waals surface area (Å²) in [7, 11) is 0. The van der Waals surface area contributed by atoms with Crippen LogP contribution in [0.4, 0.5) is 13.2 Å². The van der Waals surface area contributed by atoms with E-state index in [0.717, 1.165) is 12.1 Å². The summed E-state index contributed by atoms with van der Waals surface area (Å²) in [5.41, 5.74) is 4.82. The van der Waals surface area contributed by atoms with Crippen LogP contribution >= 0.6 is 0 Å². The van der Waals surface area contributed by atoms with Crippen molar-refractivity contribution in [3.05, 3.63) is 35.6 Å². The van der Waals surface area contributed by atoms with Crippen molar-refractivity contribution in [2.24, 2.45) is 5.73 Å². The highest BCUT2D eigenvalue weighted by atomic mass is 19.4. The predicted octanol–water partition coefficient (Wildman–Crippen LogP) is 2.91. The molecular weight excluding hydrogens is 207 g/mol. The molecule has 0 aliphatic carbocycles. The van der Waals surface area contributed by atoms with E-state index >= 15 is 0 Å². The van der Waals surface area contributed by atoms with E-state index in [1.165, 1.54) is 6.07 Å². The zero-order chi connectivity index (χ0) is 11.1. The molecule has 0 atom stereocenters. The van der Waals surface area contributed by atoms with Crippen molar-refractivity contribution in [2.45, 2.75) is 12.7 Å². The van der Waals surface area contributed by atoms with Crippen molar-refractivity contribution in [3.8, 4) is 0 Å². The Morgan fingerprint density at radius 1 is 1.20 bits per heavy atom. The molecule has 0 bridgehead atoms. The zero-order valence-corrected chi connectivity index (χ0v) is 7.64. The van der Waals surface area contributed by atoms with Gasteiger partial charge in [0.25, 0.3) is 0 Å². The van der Waals surface area contributed by atoms with E-state index in [2.05, 4.69) is 0 Å². The highest BCUT2D eigenvalue weighted by Gasteiger charge is 2.30. The molecule has 0 saturated heterocycles. The molecule has 5 heteroatoms. The number of alkyl halides is 3. The number of hydrogen-bond acceptors (Lipinski definition) is 2. The number of hydrogen-bond donors (Lipinski definition) is 1. The van der Waals surface area contributed by atoms with Crippen LogP contribution < -0.4 is 5.73 Å². The van der Waals surface area contributed by atoms with Crippen molar-refractivity contribution in [1.82, 2.24) is 0 Å². The maximum atomic E-state index is 12.3. The van der Waals surface area contributed by atoms with E-state index in [-0.39, 0.29) is 12.1 Å². The van der Waals surface area contributed by atoms with Gasteiger partial charge in [-0.15, -0.1) is 0 Å². The third-order valence-corrected chi connectivity index (χ3v) is 2.10. The van der Waals surface area contributed by atoms with Gasteiger partial charge < -0.3 is 10.2 Å². The molecule has 0 spiro atoms. The molecule has 2 aromatic rings. The Morgan fingerprint density at radius 3 is 2.53 bits per heavy atom. The van der Waals surface area contributed by atoms with Crippen LogP contribution in [-0.4, -0.2) is 0 Å². The van der Waals surface area contributed by atoms with E-state index < -0.39 is 11.7 Å². The number of halogens is 3. The molecule has 1 aromatic heterocycles. The number of rotatable bonds is 1. The van der Waals surface area contributed by atoms with E-state index in [9.17, 15) is 13.2 Å². The van der Waals surface area contributed by atoms with E-state index in [4.69, 9.17) is 10.2 Å². The molecule has 0 aliphatic heterocycles. The lowest BCUT2D eigenvalue weighted by molar-refractivity contribution is -0.137. The summed E-state index contributed by atoms with van der Waals surface area (Å²) in [6.07, 6.45) is -4.34. The van der Waals surface area contributed by atoms with Gasteiger partial charge in [0.2, 0.25) is 0 Å². The number of benzene rings is 1. The Labute approximate surface area is 83.5 Å². The lowest BCUT2D eigenvalue weighted by Gasteiger charge is -2.04. The van der Waals surface area contributed by atoms with Crippen molar-refractivity contribution in [2.75, 3.05) is 0 Å². The smallest absolute Gasteiger partial charge is 0.416 e. The second-order valence-corrected chi connectivity index (χ2v) is 3.17. The lowest BCUT2D eigenvalue weighted by Crippen LogP contribution is -2.03. The number of fused-ring (bicyclic) bond motifs is 1. The normalized spacial score (nSPS) is 12.3. The van der Waals surface area contributed by atoms with E-state index in [1.54, 1.807) is 6.07 Å². The first-order chi connectivity index (χ1) is 7.00. The molecule has 2 N–H and O–H groups in total. The van der Waals surface area contributed by atoms with Gasteiger partial charge in [-0.05, 0) is 18.2 Å². The van der Waals surface area contributed by atoms with Gasteiger partial charge in [-0.25, -0.2) is 0 Å². The Morgan fingerprint density at radius 2 is 1.93 bits per heavy atom. The summed E-state index contributed by atoms with van der Waals surface area (Å²) in [6, 6.07) is 5.02. The molecule has 1 aromatic carbocycles. The molecule has 15 heavy (non-hydrogen) atoms. The fourth-order valence-electron chi connectivity index (χ4n) is 1.36. The van der Waals surface area contributed by atoms with Gasteiger partial charge in [-0.3, -0.25) is 0 Å². The van der Waals surface area contributed by atoms with E-state index in [0.29, 0.717) is 11.1 Å². The molecule has 80 valence electrons. The Balaban J connectivity index is 2.55. The minimum Gasteiger partial charge on any atom is -0.460 e. The first-order valence-electron chi connectivity index (χ1n) is 4.30. The predicted molar refractivity (Wildman–Crippen MR) is 49.1 cm³/mol. The summed E-state index contributed by atoms with van der Waals surface area (Å²) in [6.45, 7) is 0.177. The summed E-state index contributed by atoms with van der Waals surface area (Å²) < 4.78 is 42.1. The summed E-state index contributed by atoms with van der Waals surface area (Å²) in [5.74, 6) is 0.476. The van der Waals surface area contributed by atoms with Gasteiger partial charge in [-0.1, -0.05) is 6.07 Å². The van der Waals surface area contributed by atoms with Crippen LogP contribution in [-0.2, 0) is 12.7 Å². The fraction of sp³-hybridized carbons (Fsp3) is 0.200. The largest absolute Gasteiger partial charge is 0.460 e. The van der Waals surface area contributed by atoms with Crippen LogP contribution in [0.15, 0.2) is 28.7 Å². The molecule has 0 radical (unpaired) electrons. The van der Waals surface area contributed by atoms with Gasteiger partial charge in [-0.2, -0.15) is 13.2 Å². The molecule has 1 heterocycles. The SMILES string of the molecule is NCc1cc2ccc(C(F)(F)F)cc2o1. The average Bonchev–Trinajstić information content (AvgIpc) is 2.57. The molecule has 0 aliphatic rings. The Hall–Kier alpha value is -1.49. The van der Waals surface area contributed by atoms with Crippen LogP contribution in [0.2, 0.25) is 0 Å². The summed E-state index contributed by atoms with van der Waals surface area (Å²) in [4.78, 5) is 0. The van der Waals surface area contributed by atoms with Crippen molar-refractivity contribution in [3.63, 3.8) is 0 Å². The van der Waals surface area contributed by atoms with Gasteiger partial charge in [0.1, 0.15) is 11.3 Å². The molecule has 0 fully saturated rings. The van der Waals surface area contributed by atoms with Crippen LogP contribution in [0.25, 0.3) is 11.0 Å². The Kier molecular flexibility index (Phi) is 2.19. The maximum absolute atomic E-state index is 12.3. The molecule has 0 amide bonds. The number of furan rings is 1. The molecule has 2 rings (SSSR count). The van der Waals surface area contributed by atoms with E-state index in [1.807, 2.05) is 0 Å². The average molecular weight is 215 g/mol.